The Labute approximate surface area is 159 Å². The van der Waals surface area contributed by atoms with Gasteiger partial charge in [0.05, 0.1) is 23.8 Å². The van der Waals surface area contributed by atoms with Crippen LogP contribution in [-0.4, -0.2) is 9.55 Å². The zero-order valence-electron chi connectivity index (χ0n) is 14.8. The lowest BCUT2D eigenvalue weighted by atomic mass is 10.2. The van der Waals surface area contributed by atoms with Crippen LogP contribution in [-0.2, 0) is 13.2 Å². The summed E-state index contributed by atoms with van der Waals surface area (Å²) in [6.45, 7) is 0.682. The first-order valence-corrected chi connectivity index (χ1v) is 8.69. The highest BCUT2D eigenvalue weighted by molar-refractivity contribution is 5.77. The van der Waals surface area contributed by atoms with Gasteiger partial charge >= 0.3 is 0 Å². The van der Waals surface area contributed by atoms with Crippen LogP contribution in [0.5, 0.6) is 5.75 Å². The summed E-state index contributed by atoms with van der Waals surface area (Å²) in [5, 5.41) is 0.378. The van der Waals surface area contributed by atoms with E-state index >= 15 is 0 Å². The molecule has 28 heavy (non-hydrogen) atoms. The van der Waals surface area contributed by atoms with Gasteiger partial charge in [-0.3, -0.25) is 9.36 Å². The number of nitrogens with zero attached hydrogens (tertiary/aromatic N) is 2. The van der Waals surface area contributed by atoms with E-state index in [1.165, 1.54) is 41.2 Å². The Kier molecular flexibility index (Phi) is 4.85. The normalized spacial score (nSPS) is 10.9. The fourth-order valence-electron chi connectivity index (χ4n) is 2.88. The summed E-state index contributed by atoms with van der Waals surface area (Å²) >= 11 is 0. The zero-order chi connectivity index (χ0) is 19.5. The quantitative estimate of drug-likeness (QED) is 0.520. The molecular formula is C22H16F2N2O2. The molecule has 0 atom stereocenters. The fraction of sp³-hybridized carbons (Fsp3) is 0.0909. The minimum atomic E-state index is -0.423. The van der Waals surface area contributed by atoms with Gasteiger partial charge in [0.25, 0.3) is 5.56 Å². The van der Waals surface area contributed by atoms with Gasteiger partial charge < -0.3 is 4.74 Å². The van der Waals surface area contributed by atoms with Crippen LogP contribution >= 0.6 is 0 Å². The molecule has 1 aromatic heterocycles. The number of aromatic nitrogens is 2. The number of ether oxygens (including phenoxy) is 1. The summed E-state index contributed by atoms with van der Waals surface area (Å²) in [4.78, 5) is 16.7. The Bertz CT molecular complexity index is 1170. The zero-order valence-corrected chi connectivity index (χ0v) is 14.8. The van der Waals surface area contributed by atoms with Gasteiger partial charge in [-0.05, 0) is 47.5 Å². The van der Waals surface area contributed by atoms with Crippen LogP contribution in [0.1, 0.15) is 11.1 Å². The number of hydrogen-bond donors (Lipinski definition) is 0. The van der Waals surface area contributed by atoms with E-state index in [4.69, 9.17) is 4.74 Å². The number of rotatable bonds is 5. The van der Waals surface area contributed by atoms with Crippen molar-refractivity contribution in [3.8, 4) is 5.75 Å². The molecule has 1 heterocycles. The molecule has 0 aliphatic carbocycles. The van der Waals surface area contributed by atoms with E-state index in [1.54, 1.807) is 12.1 Å². The summed E-state index contributed by atoms with van der Waals surface area (Å²) in [6.07, 6.45) is 1.42. The summed E-state index contributed by atoms with van der Waals surface area (Å²) in [6, 6.07) is 17.4. The molecule has 0 spiro atoms. The lowest BCUT2D eigenvalue weighted by molar-refractivity contribution is 0.306. The van der Waals surface area contributed by atoms with Crippen molar-refractivity contribution in [3.63, 3.8) is 0 Å². The molecule has 4 rings (SSSR count). The van der Waals surface area contributed by atoms with Gasteiger partial charge in [0, 0.05) is 6.07 Å². The highest BCUT2D eigenvalue weighted by Crippen LogP contribution is 2.15. The average Bonchev–Trinajstić information content (AvgIpc) is 2.71. The first kappa shape index (κ1) is 17.9. The molecule has 0 aliphatic rings. The van der Waals surface area contributed by atoms with Crippen LogP contribution in [0.3, 0.4) is 0 Å². The van der Waals surface area contributed by atoms with Crippen molar-refractivity contribution in [2.45, 2.75) is 13.2 Å². The van der Waals surface area contributed by atoms with Crippen molar-refractivity contribution in [2.24, 2.45) is 0 Å². The van der Waals surface area contributed by atoms with Crippen LogP contribution < -0.4 is 10.3 Å². The van der Waals surface area contributed by atoms with E-state index in [9.17, 15) is 13.6 Å². The molecule has 0 saturated carbocycles. The van der Waals surface area contributed by atoms with Gasteiger partial charge in [-0.1, -0.05) is 24.3 Å². The predicted molar refractivity (Wildman–Crippen MR) is 102 cm³/mol. The first-order chi connectivity index (χ1) is 13.6. The van der Waals surface area contributed by atoms with Crippen LogP contribution in [0, 0.1) is 11.6 Å². The largest absolute Gasteiger partial charge is 0.489 e. The molecule has 3 aromatic carbocycles. The van der Waals surface area contributed by atoms with Crippen molar-refractivity contribution in [1.29, 1.82) is 0 Å². The molecule has 4 aromatic rings. The van der Waals surface area contributed by atoms with E-state index in [0.29, 0.717) is 29.8 Å². The molecule has 6 heteroatoms. The standard InChI is InChI=1S/C22H16F2N2O2/c23-17-5-1-16(2-6-17)13-28-19-8-3-15(4-9-19)12-26-14-25-21-11-18(24)7-10-20(21)22(26)27/h1-11,14H,12-13H2. The molecule has 0 radical (unpaired) electrons. The number of benzene rings is 3. The summed E-state index contributed by atoms with van der Waals surface area (Å²) in [5.74, 6) is -0.0300. The topological polar surface area (TPSA) is 44.1 Å². The van der Waals surface area contributed by atoms with E-state index in [0.717, 1.165) is 11.1 Å². The molecule has 4 nitrogen and oxygen atoms in total. The third-order valence-electron chi connectivity index (χ3n) is 4.38. The van der Waals surface area contributed by atoms with Gasteiger partial charge in [-0.15, -0.1) is 0 Å². The van der Waals surface area contributed by atoms with Crippen LogP contribution in [0.2, 0.25) is 0 Å². The van der Waals surface area contributed by atoms with Gasteiger partial charge in [-0.25, -0.2) is 13.8 Å². The number of fused-ring (bicyclic) bond motifs is 1. The van der Waals surface area contributed by atoms with E-state index in [1.807, 2.05) is 24.3 Å². The molecule has 0 N–H and O–H groups in total. The summed E-state index contributed by atoms with van der Waals surface area (Å²) < 4.78 is 33.4. The Hall–Kier alpha value is -3.54. The van der Waals surface area contributed by atoms with Crippen molar-refractivity contribution < 1.29 is 13.5 Å². The second-order valence-corrected chi connectivity index (χ2v) is 6.40. The molecule has 0 saturated heterocycles. The Morgan fingerprint density at radius 2 is 1.54 bits per heavy atom. The molecule has 0 amide bonds. The van der Waals surface area contributed by atoms with E-state index < -0.39 is 5.82 Å². The maximum atomic E-state index is 13.3. The Morgan fingerprint density at radius 3 is 2.29 bits per heavy atom. The van der Waals surface area contributed by atoms with Crippen molar-refractivity contribution >= 4 is 10.9 Å². The van der Waals surface area contributed by atoms with Gasteiger partial charge in [0.15, 0.2) is 0 Å². The van der Waals surface area contributed by atoms with Crippen molar-refractivity contribution in [2.75, 3.05) is 0 Å². The second-order valence-electron chi connectivity index (χ2n) is 6.40. The molecule has 0 unspecified atom stereocenters. The number of halogens is 2. The van der Waals surface area contributed by atoms with Gasteiger partial charge in [0.2, 0.25) is 0 Å². The van der Waals surface area contributed by atoms with Crippen molar-refractivity contribution in [3.05, 3.63) is 106 Å². The number of hydrogen-bond acceptors (Lipinski definition) is 3. The van der Waals surface area contributed by atoms with Crippen LogP contribution in [0.15, 0.2) is 77.9 Å². The fourth-order valence-corrected chi connectivity index (χ4v) is 2.88. The molecular weight excluding hydrogens is 362 g/mol. The average molecular weight is 378 g/mol. The maximum Gasteiger partial charge on any atom is 0.261 e. The molecule has 0 fully saturated rings. The smallest absolute Gasteiger partial charge is 0.261 e. The predicted octanol–water partition coefficient (Wildman–Crippen LogP) is 4.30. The Morgan fingerprint density at radius 1 is 0.857 bits per heavy atom. The van der Waals surface area contributed by atoms with Crippen LogP contribution in [0.4, 0.5) is 8.78 Å². The minimum absolute atomic E-state index is 0.221. The second kappa shape index (κ2) is 7.60. The summed E-state index contributed by atoms with van der Waals surface area (Å²) in [5.41, 5.74) is 1.89. The maximum absolute atomic E-state index is 13.3. The minimum Gasteiger partial charge on any atom is -0.489 e. The third kappa shape index (κ3) is 3.91. The SMILES string of the molecule is O=c1c2ccc(F)cc2ncn1Cc1ccc(OCc2ccc(F)cc2)cc1. The van der Waals surface area contributed by atoms with Gasteiger partial charge in [-0.2, -0.15) is 0 Å². The van der Waals surface area contributed by atoms with Gasteiger partial charge in [0.1, 0.15) is 24.0 Å². The highest BCUT2D eigenvalue weighted by Gasteiger charge is 2.06. The third-order valence-corrected chi connectivity index (χ3v) is 4.38. The Balaban J connectivity index is 1.46. The van der Waals surface area contributed by atoms with Crippen molar-refractivity contribution in [1.82, 2.24) is 9.55 Å². The summed E-state index contributed by atoms with van der Waals surface area (Å²) in [7, 11) is 0. The molecule has 0 bridgehead atoms. The molecule has 0 aliphatic heterocycles. The van der Waals surface area contributed by atoms with E-state index in [2.05, 4.69) is 4.98 Å². The monoisotopic (exact) mass is 378 g/mol. The lowest BCUT2D eigenvalue weighted by Crippen LogP contribution is -2.21. The van der Waals surface area contributed by atoms with E-state index in [-0.39, 0.29) is 11.4 Å². The highest BCUT2D eigenvalue weighted by atomic mass is 19.1. The lowest BCUT2D eigenvalue weighted by Gasteiger charge is -2.09. The van der Waals surface area contributed by atoms with Crippen LogP contribution in [0.25, 0.3) is 10.9 Å². The first-order valence-electron chi connectivity index (χ1n) is 8.69. The molecule has 140 valence electrons.